The molecule has 0 aliphatic carbocycles. The van der Waals surface area contributed by atoms with Crippen LogP contribution in [0.1, 0.15) is 12.0 Å². The zero-order chi connectivity index (χ0) is 14.8. The van der Waals surface area contributed by atoms with E-state index in [1.54, 1.807) is 6.07 Å². The molecule has 0 aromatic heterocycles. The fraction of sp³-hybridized carbons (Fsp3) is 0.533. The average Bonchev–Trinajstić information content (AvgIpc) is 2.91. The Morgan fingerprint density at radius 1 is 1.19 bits per heavy atom. The van der Waals surface area contributed by atoms with Crippen molar-refractivity contribution in [2.75, 3.05) is 32.8 Å². The van der Waals surface area contributed by atoms with Crippen LogP contribution in [-0.4, -0.2) is 54.6 Å². The first-order chi connectivity index (χ1) is 10.1. The lowest BCUT2D eigenvalue weighted by Gasteiger charge is -2.36. The topological polar surface area (TPSA) is 32.8 Å². The van der Waals surface area contributed by atoms with Crippen LogP contribution in [0.2, 0.25) is 10.0 Å². The Balaban J connectivity index is 1.56. The molecule has 3 rings (SSSR count). The Morgan fingerprint density at radius 2 is 1.95 bits per heavy atom. The zero-order valence-electron chi connectivity index (χ0n) is 11.7. The van der Waals surface area contributed by atoms with Crippen molar-refractivity contribution in [3.05, 3.63) is 33.8 Å². The number of esters is 1. The van der Waals surface area contributed by atoms with Gasteiger partial charge in [-0.05, 0) is 11.6 Å². The summed E-state index contributed by atoms with van der Waals surface area (Å²) in [5.74, 6) is -0.0682. The van der Waals surface area contributed by atoms with E-state index in [9.17, 15) is 4.79 Å². The maximum atomic E-state index is 11.6. The molecule has 0 amide bonds. The number of halogens is 2. The second-order valence-corrected chi connectivity index (χ2v) is 6.28. The number of ether oxygens (including phenoxy) is 1. The van der Waals surface area contributed by atoms with E-state index in [4.69, 9.17) is 27.9 Å². The molecule has 0 N–H and O–H groups in total. The third kappa shape index (κ3) is 3.34. The lowest BCUT2D eigenvalue weighted by molar-refractivity contribution is -0.142. The van der Waals surface area contributed by atoms with E-state index in [1.165, 1.54) is 0 Å². The molecule has 1 aromatic carbocycles. The Labute approximate surface area is 134 Å². The van der Waals surface area contributed by atoms with Crippen LogP contribution in [0.25, 0.3) is 0 Å². The number of hydrogen-bond acceptors (Lipinski definition) is 4. The van der Waals surface area contributed by atoms with E-state index in [0.717, 1.165) is 44.7 Å². The van der Waals surface area contributed by atoms with E-state index in [1.807, 2.05) is 12.1 Å². The highest BCUT2D eigenvalue weighted by molar-refractivity contribution is 6.42. The Hall–Kier alpha value is -0.810. The summed E-state index contributed by atoms with van der Waals surface area (Å²) in [6.45, 7) is 4.97. The van der Waals surface area contributed by atoms with Gasteiger partial charge >= 0.3 is 5.97 Å². The van der Waals surface area contributed by atoms with Gasteiger partial charge in [0.05, 0.1) is 16.7 Å². The summed E-state index contributed by atoms with van der Waals surface area (Å²) in [6.07, 6.45) is 0.818. The van der Waals surface area contributed by atoms with E-state index in [2.05, 4.69) is 9.80 Å². The number of cyclic esters (lactones) is 1. The number of nitrogens with zero attached hydrogens (tertiary/aromatic N) is 2. The van der Waals surface area contributed by atoms with Crippen LogP contribution in [0, 0.1) is 0 Å². The summed E-state index contributed by atoms with van der Waals surface area (Å²) in [5, 5.41) is 1.24. The Kier molecular flexibility index (Phi) is 4.69. The quantitative estimate of drug-likeness (QED) is 0.798. The van der Waals surface area contributed by atoms with E-state index in [0.29, 0.717) is 16.7 Å². The van der Waals surface area contributed by atoms with Crippen molar-refractivity contribution in [1.82, 2.24) is 9.80 Å². The van der Waals surface area contributed by atoms with Gasteiger partial charge in [-0.1, -0.05) is 35.3 Å². The largest absolute Gasteiger partial charge is 0.464 e. The molecule has 2 aliphatic heterocycles. The summed E-state index contributed by atoms with van der Waals surface area (Å²) in [7, 11) is 0. The second kappa shape index (κ2) is 6.53. The predicted octanol–water partition coefficient (Wildman–Crippen LogP) is 2.43. The summed E-state index contributed by atoms with van der Waals surface area (Å²) in [5.41, 5.74) is 1.05. The van der Waals surface area contributed by atoms with Crippen LogP contribution in [0.15, 0.2) is 18.2 Å². The molecule has 1 unspecified atom stereocenters. The summed E-state index contributed by atoms with van der Waals surface area (Å²) in [6, 6.07) is 5.70. The standard InChI is InChI=1S/C15H18Cl2N2O2/c16-12-3-1-2-11(14(12)17)10-18-5-7-19(8-6-18)13-4-9-21-15(13)20/h1-3,13H,4-10H2. The maximum Gasteiger partial charge on any atom is 0.323 e. The molecular weight excluding hydrogens is 311 g/mol. The highest BCUT2D eigenvalue weighted by atomic mass is 35.5. The van der Waals surface area contributed by atoms with Gasteiger partial charge in [0.1, 0.15) is 6.04 Å². The molecule has 6 heteroatoms. The molecule has 1 aromatic rings. The molecule has 2 saturated heterocycles. The van der Waals surface area contributed by atoms with Crippen LogP contribution >= 0.6 is 23.2 Å². The highest BCUT2D eigenvalue weighted by Gasteiger charge is 2.33. The minimum absolute atomic E-state index is 0.0399. The molecule has 2 fully saturated rings. The fourth-order valence-corrected chi connectivity index (χ4v) is 3.34. The normalized spacial score (nSPS) is 24.3. The van der Waals surface area contributed by atoms with Crippen LogP contribution < -0.4 is 0 Å². The maximum absolute atomic E-state index is 11.6. The first-order valence-corrected chi connectivity index (χ1v) is 7.96. The Bertz CT molecular complexity index is 530. The molecule has 2 heterocycles. The molecule has 0 saturated carbocycles. The van der Waals surface area contributed by atoms with Gasteiger partial charge in [0.2, 0.25) is 0 Å². The molecule has 114 valence electrons. The summed E-state index contributed by atoms with van der Waals surface area (Å²) < 4.78 is 5.04. The molecule has 4 nitrogen and oxygen atoms in total. The van der Waals surface area contributed by atoms with Crippen LogP contribution in [0.4, 0.5) is 0 Å². The molecule has 2 aliphatic rings. The van der Waals surface area contributed by atoms with Crippen LogP contribution in [0.3, 0.4) is 0 Å². The van der Waals surface area contributed by atoms with Crippen molar-refractivity contribution in [3.63, 3.8) is 0 Å². The van der Waals surface area contributed by atoms with Crippen LogP contribution in [-0.2, 0) is 16.1 Å². The number of piperazine rings is 1. The summed E-state index contributed by atoms with van der Waals surface area (Å²) >= 11 is 12.3. The van der Waals surface area contributed by atoms with Gasteiger partial charge < -0.3 is 4.74 Å². The van der Waals surface area contributed by atoms with Gasteiger partial charge in [-0.25, -0.2) is 0 Å². The lowest BCUT2D eigenvalue weighted by atomic mass is 10.1. The van der Waals surface area contributed by atoms with Gasteiger partial charge in [-0.15, -0.1) is 0 Å². The first kappa shape index (κ1) is 15.1. The predicted molar refractivity (Wildman–Crippen MR) is 82.7 cm³/mol. The van der Waals surface area contributed by atoms with Gasteiger partial charge in [-0.3, -0.25) is 14.6 Å². The monoisotopic (exact) mass is 328 g/mol. The highest BCUT2D eigenvalue weighted by Crippen LogP contribution is 2.27. The fourth-order valence-electron chi connectivity index (χ4n) is 2.96. The second-order valence-electron chi connectivity index (χ2n) is 5.50. The van der Waals surface area contributed by atoms with Crippen molar-refractivity contribution in [1.29, 1.82) is 0 Å². The van der Waals surface area contributed by atoms with Gasteiger partial charge in [0, 0.05) is 39.1 Å². The Morgan fingerprint density at radius 3 is 2.62 bits per heavy atom. The molecule has 0 radical (unpaired) electrons. The van der Waals surface area contributed by atoms with E-state index < -0.39 is 0 Å². The smallest absolute Gasteiger partial charge is 0.323 e. The van der Waals surface area contributed by atoms with E-state index in [-0.39, 0.29) is 12.0 Å². The van der Waals surface area contributed by atoms with Crippen molar-refractivity contribution in [3.8, 4) is 0 Å². The van der Waals surface area contributed by atoms with Gasteiger partial charge in [0.25, 0.3) is 0 Å². The van der Waals surface area contributed by atoms with E-state index >= 15 is 0 Å². The van der Waals surface area contributed by atoms with Crippen molar-refractivity contribution in [2.45, 2.75) is 19.0 Å². The molecule has 21 heavy (non-hydrogen) atoms. The van der Waals surface area contributed by atoms with Crippen molar-refractivity contribution in [2.24, 2.45) is 0 Å². The minimum atomic E-state index is -0.0682. The number of carbonyl (C=O) groups excluding carboxylic acids is 1. The number of rotatable bonds is 3. The number of hydrogen-bond donors (Lipinski definition) is 0. The number of carbonyl (C=O) groups is 1. The molecule has 1 atom stereocenters. The molecule has 0 spiro atoms. The average molecular weight is 329 g/mol. The third-order valence-corrected chi connectivity index (χ3v) is 5.04. The summed E-state index contributed by atoms with van der Waals surface area (Å²) in [4.78, 5) is 16.2. The van der Waals surface area contributed by atoms with Gasteiger partial charge in [-0.2, -0.15) is 0 Å². The number of benzene rings is 1. The lowest BCUT2D eigenvalue weighted by Crippen LogP contribution is -2.51. The van der Waals surface area contributed by atoms with Crippen LogP contribution in [0.5, 0.6) is 0 Å². The molecular formula is C15H18Cl2N2O2. The van der Waals surface area contributed by atoms with Crippen molar-refractivity contribution >= 4 is 29.2 Å². The SMILES string of the molecule is O=C1OCCC1N1CCN(Cc2cccc(Cl)c2Cl)CC1. The third-order valence-electron chi connectivity index (χ3n) is 4.18. The minimum Gasteiger partial charge on any atom is -0.464 e. The first-order valence-electron chi connectivity index (χ1n) is 7.21. The van der Waals surface area contributed by atoms with Crippen molar-refractivity contribution < 1.29 is 9.53 Å². The zero-order valence-corrected chi connectivity index (χ0v) is 13.2. The molecule has 0 bridgehead atoms. The van der Waals surface area contributed by atoms with Gasteiger partial charge in [0.15, 0.2) is 0 Å².